The van der Waals surface area contributed by atoms with Crippen LogP contribution in [0, 0.1) is 5.41 Å². The van der Waals surface area contributed by atoms with Crippen molar-refractivity contribution in [3.8, 4) is 0 Å². The number of hydrogen-bond donors (Lipinski definition) is 1. The normalized spacial score (nSPS) is 22.5. The molecule has 0 spiro atoms. The average Bonchev–Trinajstić information content (AvgIpc) is 2.92. The third-order valence-electron chi connectivity index (χ3n) is 4.51. The Balaban J connectivity index is 1.82. The van der Waals surface area contributed by atoms with Crippen LogP contribution in [0.5, 0.6) is 0 Å². The molecule has 1 saturated heterocycles. The number of nitrogens with zero attached hydrogens (tertiary/aromatic N) is 1. The van der Waals surface area contributed by atoms with Crippen molar-refractivity contribution in [2.75, 3.05) is 13.1 Å². The standard InChI is InChI=1S/C17H19NO4S/c1-17(16(19)20)8-9-18(12-17)23(21,22)11-13-6-7-14-4-2-3-5-15(14)10-13/h2-7,10H,8-9,11-12H2,1H3,(H,19,20). The molecule has 6 heteroatoms. The number of carboxylic acid groups (broad SMARTS) is 1. The zero-order valence-electron chi connectivity index (χ0n) is 12.9. The van der Waals surface area contributed by atoms with Gasteiger partial charge in [0.15, 0.2) is 0 Å². The second-order valence-corrected chi connectivity index (χ2v) is 8.36. The Labute approximate surface area is 135 Å². The Kier molecular flexibility index (Phi) is 3.90. The molecule has 0 saturated carbocycles. The van der Waals surface area contributed by atoms with Crippen LogP contribution >= 0.6 is 0 Å². The minimum absolute atomic E-state index is 0.0399. The Bertz CT molecular complexity index is 862. The molecule has 1 aliphatic heterocycles. The molecule has 0 amide bonds. The molecule has 1 aliphatic rings. The summed E-state index contributed by atoms with van der Waals surface area (Å²) in [7, 11) is -3.52. The minimum atomic E-state index is -3.52. The molecule has 2 aromatic rings. The van der Waals surface area contributed by atoms with Gasteiger partial charge < -0.3 is 5.11 Å². The van der Waals surface area contributed by atoms with E-state index in [0.717, 1.165) is 10.8 Å². The Morgan fingerprint density at radius 2 is 1.91 bits per heavy atom. The summed E-state index contributed by atoms with van der Waals surface area (Å²) < 4.78 is 26.5. The molecule has 23 heavy (non-hydrogen) atoms. The second kappa shape index (κ2) is 5.62. The summed E-state index contributed by atoms with van der Waals surface area (Å²) in [6.45, 7) is 1.90. The maximum atomic E-state index is 12.6. The number of hydrogen-bond acceptors (Lipinski definition) is 3. The molecule has 1 heterocycles. The Morgan fingerprint density at radius 3 is 2.57 bits per heavy atom. The van der Waals surface area contributed by atoms with Crippen molar-refractivity contribution in [3.63, 3.8) is 0 Å². The largest absolute Gasteiger partial charge is 0.481 e. The number of rotatable bonds is 4. The molecule has 0 aliphatic carbocycles. The zero-order valence-corrected chi connectivity index (χ0v) is 13.7. The molecule has 122 valence electrons. The van der Waals surface area contributed by atoms with Crippen molar-refractivity contribution in [1.82, 2.24) is 4.31 Å². The summed E-state index contributed by atoms with van der Waals surface area (Å²) in [5, 5.41) is 11.3. The van der Waals surface area contributed by atoms with Gasteiger partial charge in [0.05, 0.1) is 11.2 Å². The van der Waals surface area contributed by atoms with Gasteiger partial charge in [0.2, 0.25) is 10.0 Å². The molecular weight excluding hydrogens is 314 g/mol. The highest BCUT2D eigenvalue weighted by Gasteiger charge is 2.44. The van der Waals surface area contributed by atoms with Gasteiger partial charge in [-0.1, -0.05) is 42.5 Å². The van der Waals surface area contributed by atoms with E-state index in [1.807, 2.05) is 42.5 Å². The predicted molar refractivity (Wildman–Crippen MR) is 88.5 cm³/mol. The van der Waals surface area contributed by atoms with Crippen LogP contribution < -0.4 is 0 Å². The quantitative estimate of drug-likeness (QED) is 0.933. The van der Waals surface area contributed by atoms with E-state index in [1.165, 1.54) is 4.31 Å². The van der Waals surface area contributed by atoms with Gasteiger partial charge in [0.1, 0.15) is 0 Å². The monoisotopic (exact) mass is 333 g/mol. The Hall–Kier alpha value is -1.92. The summed E-state index contributed by atoms with van der Waals surface area (Å²) >= 11 is 0. The smallest absolute Gasteiger partial charge is 0.310 e. The van der Waals surface area contributed by atoms with Crippen LogP contribution in [-0.2, 0) is 20.6 Å². The van der Waals surface area contributed by atoms with Crippen LogP contribution in [0.1, 0.15) is 18.9 Å². The van der Waals surface area contributed by atoms with Gasteiger partial charge in [0.25, 0.3) is 0 Å². The number of carbonyl (C=O) groups is 1. The fourth-order valence-electron chi connectivity index (χ4n) is 2.96. The molecule has 5 nitrogen and oxygen atoms in total. The molecule has 1 atom stereocenters. The second-order valence-electron chi connectivity index (χ2n) is 6.39. The lowest BCUT2D eigenvalue weighted by Gasteiger charge is -2.20. The molecule has 0 aromatic heterocycles. The fraction of sp³-hybridized carbons (Fsp3) is 0.353. The first-order valence-electron chi connectivity index (χ1n) is 7.49. The van der Waals surface area contributed by atoms with Crippen LogP contribution in [0.25, 0.3) is 10.8 Å². The van der Waals surface area contributed by atoms with E-state index < -0.39 is 21.4 Å². The van der Waals surface area contributed by atoms with Gasteiger partial charge in [-0.2, -0.15) is 0 Å². The number of fused-ring (bicyclic) bond motifs is 1. The van der Waals surface area contributed by atoms with Crippen LogP contribution in [0.4, 0.5) is 0 Å². The third-order valence-corrected chi connectivity index (χ3v) is 6.31. The first-order chi connectivity index (χ1) is 10.8. The maximum Gasteiger partial charge on any atom is 0.310 e. The summed E-state index contributed by atoms with van der Waals surface area (Å²) in [4.78, 5) is 11.3. The van der Waals surface area contributed by atoms with Crippen LogP contribution in [0.2, 0.25) is 0 Å². The van der Waals surface area contributed by atoms with Crippen LogP contribution in [0.15, 0.2) is 42.5 Å². The average molecular weight is 333 g/mol. The van der Waals surface area contributed by atoms with Gasteiger partial charge in [-0.25, -0.2) is 12.7 Å². The SMILES string of the molecule is CC1(C(=O)O)CCN(S(=O)(=O)Cc2ccc3ccccc3c2)C1. The van der Waals surface area contributed by atoms with Gasteiger partial charge in [-0.05, 0) is 29.7 Å². The van der Waals surface area contributed by atoms with Crippen molar-refractivity contribution in [3.05, 3.63) is 48.0 Å². The predicted octanol–water partition coefficient (Wildman–Crippen LogP) is 2.47. The lowest BCUT2D eigenvalue weighted by molar-refractivity contribution is -0.146. The molecule has 0 radical (unpaired) electrons. The molecule has 1 fully saturated rings. The van der Waals surface area contributed by atoms with Crippen molar-refractivity contribution >= 4 is 26.8 Å². The minimum Gasteiger partial charge on any atom is -0.481 e. The lowest BCUT2D eigenvalue weighted by Crippen LogP contribution is -2.35. The van der Waals surface area contributed by atoms with E-state index in [0.29, 0.717) is 12.0 Å². The molecular formula is C17H19NO4S. The Morgan fingerprint density at radius 1 is 1.22 bits per heavy atom. The van der Waals surface area contributed by atoms with Gasteiger partial charge >= 0.3 is 5.97 Å². The maximum absolute atomic E-state index is 12.6. The molecule has 0 bridgehead atoms. The van der Waals surface area contributed by atoms with E-state index >= 15 is 0 Å². The first kappa shape index (κ1) is 16.0. The molecule has 2 aromatic carbocycles. The molecule has 3 rings (SSSR count). The van der Waals surface area contributed by atoms with E-state index in [4.69, 9.17) is 0 Å². The van der Waals surface area contributed by atoms with Crippen LogP contribution in [-0.4, -0.2) is 36.9 Å². The number of sulfonamides is 1. The first-order valence-corrected chi connectivity index (χ1v) is 9.10. The van der Waals surface area contributed by atoms with E-state index in [1.54, 1.807) is 6.92 Å². The van der Waals surface area contributed by atoms with Crippen molar-refractivity contribution in [1.29, 1.82) is 0 Å². The lowest BCUT2D eigenvalue weighted by atomic mass is 9.90. The van der Waals surface area contributed by atoms with E-state index in [9.17, 15) is 18.3 Å². The zero-order chi connectivity index (χ0) is 16.7. The summed E-state index contributed by atoms with van der Waals surface area (Å²) in [5.74, 6) is -1.05. The van der Waals surface area contributed by atoms with E-state index in [2.05, 4.69) is 0 Å². The van der Waals surface area contributed by atoms with Gasteiger partial charge in [-0.3, -0.25) is 4.79 Å². The number of benzene rings is 2. The summed E-state index contributed by atoms with van der Waals surface area (Å²) in [6, 6.07) is 13.4. The topological polar surface area (TPSA) is 74.7 Å². The third kappa shape index (κ3) is 3.09. The van der Waals surface area contributed by atoms with Gasteiger partial charge in [0, 0.05) is 13.1 Å². The highest BCUT2D eigenvalue weighted by atomic mass is 32.2. The van der Waals surface area contributed by atoms with Crippen LogP contribution in [0.3, 0.4) is 0 Å². The number of carboxylic acids is 1. The van der Waals surface area contributed by atoms with Gasteiger partial charge in [-0.15, -0.1) is 0 Å². The van der Waals surface area contributed by atoms with Crippen molar-refractivity contribution in [2.45, 2.75) is 19.1 Å². The molecule has 1 unspecified atom stereocenters. The highest BCUT2D eigenvalue weighted by Crippen LogP contribution is 2.32. The fourth-order valence-corrected chi connectivity index (χ4v) is 4.60. The van der Waals surface area contributed by atoms with E-state index in [-0.39, 0.29) is 18.8 Å². The summed E-state index contributed by atoms with van der Waals surface area (Å²) in [5.41, 5.74) is -0.274. The summed E-state index contributed by atoms with van der Waals surface area (Å²) in [6.07, 6.45) is 0.347. The van der Waals surface area contributed by atoms with Crippen molar-refractivity contribution in [2.24, 2.45) is 5.41 Å². The molecule has 1 N–H and O–H groups in total. The number of aliphatic carboxylic acids is 1. The van der Waals surface area contributed by atoms with Crippen molar-refractivity contribution < 1.29 is 18.3 Å². The highest BCUT2D eigenvalue weighted by molar-refractivity contribution is 7.88.